The van der Waals surface area contributed by atoms with Crippen LogP contribution in [-0.4, -0.2) is 26.5 Å². The van der Waals surface area contributed by atoms with Crippen LogP contribution in [0.25, 0.3) is 0 Å². The average molecular weight is 188 g/mol. The van der Waals surface area contributed by atoms with Crippen molar-refractivity contribution in [2.75, 3.05) is 5.73 Å². The fraction of sp³-hybridized carbons (Fsp3) is 0. The molecule has 70 valence electrons. The molecular formula is C8H8N6. The Hall–Kier alpha value is -2.24. The highest BCUT2D eigenvalue weighted by Gasteiger charge is 1.92. The van der Waals surface area contributed by atoms with Crippen molar-refractivity contribution in [3.8, 4) is 0 Å². The van der Waals surface area contributed by atoms with Crippen LogP contribution in [0.1, 0.15) is 5.56 Å². The lowest BCUT2D eigenvalue weighted by atomic mass is 10.2. The Kier molecular flexibility index (Phi) is 2.18. The largest absolute Gasteiger partial charge is 0.365 e. The van der Waals surface area contributed by atoms with Crippen LogP contribution in [0.5, 0.6) is 0 Å². The summed E-state index contributed by atoms with van der Waals surface area (Å²) in [4.78, 5) is 1.07. The highest BCUT2D eigenvalue weighted by Crippen LogP contribution is 1.94. The van der Waals surface area contributed by atoms with Crippen LogP contribution in [0, 0.1) is 0 Å². The maximum atomic E-state index is 5.27. The summed E-state index contributed by atoms with van der Waals surface area (Å²) in [5, 5.41) is 14.7. The van der Waals surface area contributed by atoms with Gasteiger partial charge in [0.2, 0.25) is 0 Å². The Morgan fingerprint density at radius 1 is 1.29 bits per heavy atom. The van der Waals surface area contributed by atoms with E-state index in [2.05, 4.69) is 20.5 Å². The van der Waals surface area contributed by atoms with Gasteiger partial charge in [-0.15, -0.1) is 5.10 Å². The molecule has 0 amide bonds. The molecule has 0 spiro atoms. The molecule has 0 radical (unpaired) electrons. The minimum Gasteiger partial charge on any atom is -0.365 e. The zero-order chi connectivity index (χ0) is 9.80. The Bertz CT molecular complexity index is 432. The molecule has 0 saturated carbocycles. The molecule has 2 N–H and O–H groups in total. The van der Waals surface area contributed by atoms with Crippen molar-refractivity contribution in [3.63, 3.8) is 0 Å². The maximum Gasteiger partial charge on any atom is 0.263 e. The van der Waals surface area contributed by atoms with Crippen molar-refractivity contribution in [1.29, 1.82) is 0 Å². The molecule has 0 atom stereocenters. The quantitative estimate of drug-likeness (QED) is 0.679. The fourth-order valence-corrected chi connectivity index (χ4v) is 0.924. The topological polar surface area (TPSA) is 82.0 Å². The summed E-state index contributed by atoms with van der Waals surface area (Å²) >= 11 is 0. The number of aromatic nitrogens is 4. The maximum absolute atomic E-state index is 5.27. The van der Waals surface area contributed by atoms with E-state index >= 15 is 0 Å². The number of nitrogens with two attached hydrogens (primary N) is 1. The number of nitrogens with zero attached hydrogens (tertiary/aromatic N) is 5. The summed E-state index contributed by atoms with van der Waals surface area (Å²) in [7, 11) is 0. The average Bonchev–Trinajstić information content (AvgIpc) is 2.63. The van der Waals surface area contributed by atoms with Crippen molar-refractivity contribution in [3.05, 3.63) is 35.9 Å². The van der Waals surface area contributed by atoms with Gasteiger partial charge in [-0.05, 0) is 15.7 Å². The van der Waals surface area contributed by atoms with Gasteiger partial charge >= 0.3 is 0 Å². The highest BCUT2D eigenvalue weighted by atomic mass is 15.7. The molecule has 6 heteroatoms. The molecule has 0 aliphatic heterocycles. The minimum atomic E-state index is 0.107. The second kappa shape index (κ2) is 3.65. The molecule has 2 aromatic rings. The monoisotopic (exact) mass is 188 g/mol. The lowest BCUT2D eigenvalue weighted by Gasteiger charge is -1.89. The third-order valence-corrected chi connectivity index (χ3v) is 1.53. The fourth-order valence-electron chi connectivity index (χ4n) is 0.924. The Labute approximate surface area is 80.0 Å². The van der Waals surface area contributed by atoms with E-state index in [1.54, 1.807) is 6.21 Å². The molecule has 0 fully saturated rings. The van der Waals surface area contributed by atoms with E-state index in [1.807, 2.05) is 30.3 Å². The first-order valence-electron chi connectivity index (χ1n) is 3.99. The SMILES string of the molecule is Nc1nnn(/N=C/c2ccccc2)n1. The summed E-state index contributed by atoms with van der Waals surface area (Å²) < 4.78 is 0. The van der Waals surface area contributed by atoms with Crippen LogP contribution in [0.15, 0.2) is 35.4 Å². The van der Waals surface area contributed by atoms with Gasteiger partial charge in [0, 0.05) is 0 Å². The second-order valence-corrected chi connectivity index (χ2v) is 2.57. The third-order valence-electron chi connectivity index (χ3n) is 1.53. The standard InChI is InChI=1S/C8H8N6/c9-8-11-13-14(12-8)10-6-7-4-2-1-3-5-7/h1-6H,(H2,9,12)/b10-6+. The van der Waals surface area contributed by atoms with E-state index < -0.39 is 0 Å². The number of anilines is 1. The number of benzene rings is 1. The second-order valence-electron chi connectivity index (χ2n) is 2.57. The molecule has 14 heavy (non-hydrogen) atoms. The smallest absolute Gasteiger partial charge is 0.263 e. The molecular weight excluding hydrogens is 180 g/mol. The lowest BCUT2D eigenvalue weighted by molar-refractivity contribution is 0.614. The third kappa shape index (κ3) is 1.92. The zero-order valence-corrected chi connectivity index (χ0v) is 7.28. The normalized spacial score (nSPS) is 10.9. The van der Waals surface area contributed by atoms with E-state index in [0.29, 0.717) is 0 Å². The summed E-state index contributed by atoms with van der Waals surface area (Å²) in [5.74, 6) is 0.107. The first-order chi connectivity index (χ1) is 6.84. The Morgan fingerprint density at radius 2 is 2.07 bits per heavy atom. The van der Waals surface area contributed by atoms with E-state index in [4.69, 9.17) is 5.73 Å². The van der Waals surface area contributed by atoms with Crippen LogP contribution in [0.3, 0.4) is 0 Å². The number of tetrazole rings is 1. The van der Waals surface area contributed by atoms with Crippen molar-refractivity contribution >= 4 is 12.2 Å². The van der Waals surface area contributed by atoms with Gasteiger partial charge in [-0.1, -0.05) is 40.5 Å². The van der Waals surface area contributed by atoms with Crippen molar-refractivity contribution in [2.45, 2.75) is 0 Å². The Balaban J connectivity index is 2.15. The van der Waals surface area contributed by atoms with Crippen LogP contribution in [0.4, 0.5) is 5.95 Å². The molecule has 0 saturated heterocycles. The van der Waals surface area contributed by atoms with Crippen molar-refractivity contribution in [2.24, 2.45) is 5.10 Å². The van der Waals surface area contributed by atoms with Gasteiger partial charge in [0.05, 0.1) is 6.21 Å². The van der Waals surface area contributed by atoms with Gasteiger partial charge in [-0.2, -0.15) is 0 Å². The molecule has 1 aromatic carbocycles. The van der Waals surface area contributed by atoms with E-state index in [-0.39, 0.29) is 5.95 Å². The molecule has 0 aliphatic rings. The molecule has 1 heterocycles. The summed E-state index contributed by atoms with van der Waals surface area (Å²) in [6.45, 7) is 0. The molecule has 1 aromatic heterocycles. The van der Waals surface area contributed by atoms with E-state index in [1.165, 1.54) is 0 Å². The van der Waals surface area contributed by atoms with Gasteiger partial charge in [0.25, 0.3) is 5.95 Å². The Morgan fingerprint density at radius 3 is 2.71 bits per heavy atom. The van der Waals surface area contributed by atoms with Crippen molar-refractivity contribution in [1.82, 2.24) is 20.3 Å². The predicted octanol–water partition coefficient (Wildman–Crippen LogP) is 0.137. The van der Waals surface area contributed by atoms with Gasteiger partial charge < -0.3 is 5.73 Å². The number of hydrogen-bond acceptors (Lipinski definition) is 5. The van der Waals surface area contributed by atoms with Gasteiger partial charge in [0.15, 0.2) is 0 Å². The van der Waals surface area contributed by atoms with Crippen molar-refractivity contribution < 1.29 is 0 Å². The zero-order valence-electron chi connectivity index (χ0n) is 7.28. The summed E-state index contributed by atoms with van der Waals surface area (Å²) in [5.41, 5.74) is 6.23. The molecule has 0 unspecified atom stereocenters. The van der Waals surface area contributed by atoms with Gasteiger partial charge in [0.1, 0.15) is 0 Å². The molecule has 0 bridgehead atoms. The minimum absolute atomic E-state index is 0.107. The van der Waals surface area contributed by atoms with Gasteiger partial charge in [-0.3, -0.25) is 0 Å². The first kappa shape index (κ1) is 8.36. The van der Waals surface area contributed by atoms with Crippen LogP contribution in [-0.2, 0) is 0 Å². The summed E-state index contributed by atoms with van der Waals surface area (Å²) in [6.07, 6.45) is 1.63. The first-order valence-corrected chi connectivity index (χ1v) is 3.99. The van der Waals surface area contributed by atoms with E-state index in [0.717, 1.165) is 10.5 Å². The number of hydrogen-bond donors (Lipinski definition) is 1. The molecule has 0 aliphatic carbocycles. The lowest BCUT2D eigenvalue weighted by Crippen LogP contribution is -1.95. The highest BCUT2D eigenvalue weighted by molar-refractivity contribution is 5.79. The molecule has 6 nitrogen and oxygen atoms in total. The number of rotatable bonds is 2. The number of nitrogen functional groups attached to an aromatic ring is 1. The van der Waals surface area contributed by atoms with Crippen LogP contribution >= 0.6 is 0 Å². The predicted molar refractivity (Wildman–Crippen MR) is 51.7 cm³/mol. The van der Waals surface area contributed by atoms with Crippen LogP contribution in [0.2, 0.25) is 0 Å². The summed E-state index contributed by atoms with van der Waals surface area (Å²) in [6, 6.07) is 9.62. The van der Waals surface area contributed by atoms with Crippen LogP contribution < -0.4 is 5.73 Å². The molecule has 2 rings (SSSR count). The van der Waals surface area contributed by atoms with E-state index in [9.17, 15) is 0 Å². The van der Waals surface area contributed by atoms with Gasteiger partial charge in [-0.25, -0.2) is 0 Å².